The van der Waals surface area contributed by atoms with Crippen molar-refractivity contribution in [3.63, 3.8) is 0 Å². The molecule has 0 radical (unpaired) electrons. The van der Waals surface area contributed by atoms with Crippen LogP contribution in [0.25, 0.3) is 0 Å². The van der Waals surface area contributed by atoms with Gasteiger partial charge in [-0.2, -0.15) is 0 Å². The van der Waals surface area contributed by atoms with Gasteiger partial charge in [0.2, 0.25) is 35.4 Å². The molecule has 508 valence electrons. The Kier molecular flexibility index (Phi) is 29.6. The number of nitrogens with one attached hydrogen (secondary N) is 14. The number of guanidine groups is 4. The van der Waals surface area contributed by atoms with Crippen LogP contribution in [0.1, 0.15) is 103 Å². The summed E-state index contributed by atoms with van der Waals surface area (Å²) in [6, 6.07) is 43.1. The molecule has 0 aliphatic heterocycles. The van der Waals surface area contributed by atoms with E-state index in [1.165, 1.54) is 0 Å². The topological polar surface area (TPSA) is 486 Å². The molecule has 27 nitrogen and oxygen atoms in total. The predicted octanol–water partition coefficient (Wildman–Crippen LogP) is 1.86. The zero-order valence-corrected chi connectivity index (χ0v) is 53.3. The van der Waals surface area contributed by atoms with Crippen LogP contribution >= 0.6 is 0 Å². The van der Waals surface area contributed by atoms with Crippen molar-refractivity contribution in [3.8, 4) is 0 Å². The molecule has 0 unspecified atom stereocenters. The Balaban J connectivity index is 1.44. The second kappa shape index (κ2) is 38.6. The summed E-state index contributed by atoms with van der Waals surface area (Å²) in [6.07, 6.45) is 0.606. The first-order chi connectivity index (χ1) is 46.2. The highest BCUT2D eigenvalue weighted by atomic mass is 16.4. The fourth-order valence-corrected chi connectivity index (χ4v) is 11.2. The second-order valence-electron chi connectivity index (χ2n) is 22.9. The molecule has 0 heterocycles. The summed E-state index contributed by atoms with van der Waals surface area (Å²) in [5.74, 6) is -10.7. The molecule has 0 bridgehead atoms. The van der Waals surface area contributed by atoms with E-state index in [4.69, 9.17) is 50.3 Å². The molecule has 0 spiro atoms. The van der Waals surface area contributed by atoms with Crippen molar-refractivity contribution in [1.29, 1.82) is 21.6 Å². The number of nitrogens with two attached hydrogens (primary N) is 5. The Bertz CT molecular complexity index is 3390. The van der Waals surface area contributed by atoms with Gasteiger partial charge in [0.1, 0.15) is 36.3 Å². The van der Waals surface area contributed by atoms with Gasteiger partial charge in [0, 0.05) is 43.9 Å². The van der Waals surface area contributed by atoms with E-state index in [0.29, 0.717) is 39.8 Å². The van der Waals surface area contributed by atoms with E-state index in [-0.39, 0.29) is 95.0 Å². The van der Waals surface area contributed by atoms with Crippen LogP contribution in [-0.2, 0) is 33.6 Å². The molecule has 7 atom stereocenters. The molecule has 0 aromatic heterocycles. The van der Waals surface area contributed by atoms with Crippen LogP contribution in [0, 0.1) is 21.6 Å². The number of rotatable bonds is 38. The Hall–Kier alpha value is -11.4. The number of hydrogen-bond acceptors (Lipinski definition) is 12. The molecular formula is C69H89N19O8. The van der Waals surface area contributed by atoms with Crippen molar-refractivity contribution in [2.75, 3.05) is 26.2 Å². The van der Waals surface area contributed by atoms with Gasteiger partial charge >= 0.3 is 5.97 Å². The predicted molar refractivity (Wildman–Crippen MR) is 368 cm³/mol. The number of benzene rings is 6. The normalized spacial score (nSPS) is 13.2. The number of carbonyl (C=O) groups is 7. The van der Waals surface area contributed by atoms with Crippen LogP contribution in [0.15, 0.2) is 182 Å². The van der Waals surface area contributed by atoms with Crippen molar-refractivity contribution >= 4 is 65.3 Å². The van der Waals surface area contributed by atoms with E-state index in [2.05, 4.69) is 53.2 Å². The number of carboxylic acid groups (broad SMARTS) is 1. The third-order valence-electron chi connectivity index (χ3n) is 15.9. The number of carbonyl (C=O) groups excluding carboxylic acids is 6. The van der Waals surface area contributed by atoms with Crippen LogP contribution < -0.4 is 81.8 Å². The van der Waals surface area contributed by atoms with E-state index in [1.54, 1.807) is 182 Å². The van der Waals surface area contributed by atoms with Crippen LogP contribution in [-0.4, -0.2) is 139 Å². The van der Waals surface area contributed by atoms with Crippen molar-refractivity contribution in [2.45, 2.75) is 111 Å². The number of aliphatic carboxylic acids is 1. The summed E-state index contributed by atoms with van der Waals surface area (Å²) in [5.41, 5.74) is 31.9. The van der Waals surface area contributed by atoms with Crippen molar-refractivity contribution < 1.29 is 38.7 Å². The van der Waals surface area contributed by atoms with Crippen molar-refractivity contribution in [3.05, 3.63) is 215 Å². The fraction of sp³-hybridized carbons (Fsp3) is 0.319. The Morgan fingerprint density at radius 1 is 0.312 bits per heavy atom. The van der Waals surface area contributed by atoms with Crippen molar-refractivity contribution in [2.24, 2.45) is 28.7 Å². The molecule has 25 N–H and O–H groups in total. The lowest BCUT2D eigenvalue weighted by Crippen LogP contribution is -2.61. The minimum atomic E-state index is -1.64. The third-order valence-corrected chi connectivity index (χ3v) is 15.9. The van der Waals surface area contributed by atoms with Gasteiger partial charge in [0.25, 0.3) is 0 Å². The first-order valence-corrected chi connectivity index (χ1v) is 31.6. The van der Waals surface area contributed by atoms with E-state index in [1.807, 2.05) is 0 Å². The van der Waals surface area contributed by atoms with Crippen LogP contribution in [0.3, 0.4) is 0 Å². The summed E-state index contributed by atoms with van der Waals surface area (Å²) in [7, 11) is 0. The highest BCUT2D eigenvalue weighted by Crippen LogP contribution is 2.34. The SMILES string of the molecule is N=C(N)NCCC[C@H](NC(=O)[C@H](CCCNC(=N)N)NC(=O)[C@@H](N)CCCNC(=N)N)C(=O)N[C@@H](CCCNC(=N)N)C(=O)N[C@H](C(=O)N[C@H](C(=O)N[C@H](C(=O)O)C(c1ccccc1)c1ccccc1)C(c1ccccc1)c1ccccc1)C(c1ccccc1)c1ccccc1. The van der Waals surface area contributed by atoms with Gasteiger partial charge in [0.05, 0.1) is 6.04 Å². The van der Waals surface area contributed by atoms with Crippen molar-refractivity contribution in [1.82, 2.24) is 53.2 Å². The molecule has 6 aromatic rings. The van der Waals surface area contributed by atoms with Gasteiger partial charge in [-0.3, -0.25) is 50.4 Å². The molecule has 6 rings (SSSR count). The third kappa shape index (κ3) is 23.6. The highest BCUT2D eigenvalue weighted by Gasteiger charge is 2.42. The summed E-state index contributed by atoms with van der Waals surface area (Å²) in [6.45, 7) is 0.499. The number of amides is 6. The summed E-state index contributed by atoms with van der Waals surface area (Å²) >= 11 is 0. The van der Waals surface area contributed by atoms with Gasteiger partial charge in [-0.15, -0.1) is 0 Å². The maximum absolute atomic E-state index is 16.2. The Labute approximate surface area is 558 Å². The molecule has 27 heteroatoms. The first kappa shape index (κ1) is 73.7. The largest absolute Gasteiger partial charge is 0.480 e. The maximum atomic E-state index is 16.2. The summed E-state index contributed by atoms with van der Waals surface area (Å²) < 4.78 is 0. The van der Waals surface area contributed by atoms with Gasteiger partial charge in [0.15, 0.2) is 23.8 Å². The van der Waals surface area contributed by atoms with Gasteiger partial charge in [-0.25, -0.2) is 4.79 Å². The lowest BCUT2D eigenvalue weighted by Gasteiger charge is -2.35. The van der Waals surface area contributed by atoms with Gasteiger partial charge < -0.3 is 86.9 Å². The van der Waals surface area contributed by atoms with Gasteiger partial charge in [-0.1, -0.05) is 182 Å². The Morgan fingerprint density at radius 2 is 0.531 bits per heavy atom. The number of hydrogen-bond donors (Lipinski definition) is 20. The van der Waals surface area contributed by atoms with E-state index in [0.717, 1.165) is 0 Å². The lowest BCUT2D eigenvalue weighted by atomic mass is 9.81. The van der Waals surface area contributed by atoms with E-state index in [9.17, 15) is 19.5 Å². The molecule has 96 heavy (non-hydrogen) atoms. The van der Waals surface area contributed by atoms with E-state index < -0.39 is 101 Å². The standard InChI is InChI=1S/C69H89N19O8/c70-49(35-19-39-79-66(71)72)59(89)83-50(36-20-40-80-67(73)74)60(90)84-51(37-21-41-81-68(75)76)61(91)85-52(38-22-42-82-69(77)78)62(92)86-56(53(43-23-7-1-8-24-43)44-25-9-2-10-26-44)63(93)87-57(54(45-27-11-3-12-28-45)46-29-13-4-14-30-46)64(94)88-58(65(95)96)55(47-31-15-5-16-32-47)48-33-17-6-18-34-48/h1-18,23-34,49-58H,19-22,35-42,70H2,(H,83,89)(H,84,90)(H,85,91)(H,86,92)(H,87,93)(H,88,94)(H,95,96)(H4,71,72,79)(H4,73,74,80)(H4,75,76,81)(H4,77,78,82)/t49-,50-,51-,52-,56-,57-,58-/m0/s1. The second-order valence-corrected chi connectivity index (χ2v) is 22.9. The molecule has 6 aromatic carbocycles. The monoisotopic (exact) mass is 1310 g/mol. The smallest absolute Gasteiger partial charge is 0.327 e. The molecule has 0 aliphatic rings. The zero-order chi connectivity index (χ0) is 69.4. The average Bonchev–Trinajstić information content (AvgIpc) is 0.805. The first-order valence-electron chi connectivity index (χ1n) is 31.6. The number of carboxylic acids is 1. The molecule has 0 fully saturated rings. The van der Waals surface area contributed by atoms with Gasteiger partial charge in [-0.05, 0) is 84.7 Å². The highest BCUT2D eigenvalue weighted by molar-refractivity contribution is 5.98. The minimum absolute atomic E-state index is 0.0275. The van der Waals surface area contributed by atoms with Crippen LogP contribution in [0.4, 0.5) is 0 Å². The molecule has 0 aliphatic carbocycles. The zero-order valence-electron chi connectivity index (χ0n) is 53.3. The molecule has 6 amide bonds. The summed E-state index contributed by atoms with van der Waals surface area (Å²) in [4.78, 5) is 105. The molecule has 0 saturated carbocycles. The molecule has 0 saturated heterocycles. The Morgan fingerprint density at radius 3 is 0.792 bits per heavy atom. The molecular weight excluding hydrogens is 1220 g/mol. The van der Waals surface area contributed by atoms with E-state index >= 15 is 19.2 Å². The fourth-order valence-electron chi connectivity index (χ4n) is 11.2. The maximum Gasteiger partial charge on any atom is 0.327 e. The van der Waals surface area contributed by atoms with Crippen LogP contribution in [0.5, 0.6) is 0 Å². The quantitative estimate of drug-likeness (QED) is 0.0149. The lowest BCUT2D eigenvalue weighted by molar-refractivity contribution is -0.143. The summed E-state index contributed by atoms with van der Waals surface area (Å²) in [5, 5.41) is 69.7. The average molecular weight is 1310 g/mol. The minimum Gasteiger partial charge on any atom is -0.480 e. The van der Waals surface area contributed by atoms with Crippen LogP contribution in [0.2, 0.25) is 0 Å².